The molecule has 0 N–H and O–H groups in total. The van der Waals surface area contributed by atoms with Gasteiger partial charge in [0, 0.05) is 30.4 Å². The van der Waals surface area contributed by atoms with Gasteiger partial charge >= 0.3 is 0 Å². The summed E-state index contributed by atoms with van der Waals surface area (Å²) < 4.78 is 4.20. The third-order valence-electron chi connectivity index (χ3n) is 2.19. The van der Waals surface area contributed by atoms with Crippen molar-refractivity contribution in [1.82, 2.24) is 4.57 Å². The van der Waals surface area contributed by atoms with Crippen molar-refractivity contribution in [2.45, 2.75) is 42.0 Å². The van der Waals surface area contributed by atoms with Gasteiger partial charge in [-0.25, -0.2) is 0 Å². The predicted octanol–water partition coefficient (Wildman–Crippen LogP) is 4.87. The minimum Gasteiger partial charge on any atom is -0.315 e. The van der Waals surface area contributed by atoms with Gasteiger partial charge in [0.2, 0.25) is 0 Å². The number of aromatic nitrogens is 1. The zero-order valence-electron chi connectivity index (χ0n) is 10.9. The van der Waals surface area contributed by atoms with E-state index in [0.29, 0.717) is 18.9 Å². The monoisotopic (exact) mass is 329 g/mol. The number of hydrogen-bond donors (Lipinski definition) is 0. The highest BCUT2D eigenvalue weighted by molar-refractivity contribution is 8.03. The van der Waals surface area contributed by atoms with Crippen molar-refractivity contribution < 1.29 is 0 Å². The molecule has 0 saturated carbocycles. The number of thioether (sulfide) groups is 2. The van der Waals surface area contributed by atoms with Gasteiger partial charge in [0.05, 0.1) is 16.3 Å². The van der Waals surface area contributed by atoms with Crippen molar-refractivity contribution in [3.63, 3.8) is 0 Å². The smallest absolute Gasteiger partial charge is 0.163 e. The lowest BCUT2D eigenvalue weighted by Crippen LogP contribution is -2.02. The number of rotatable bonds is 7. The molecule has 1 aromatic heterocycles. The molecular weight excluding hydrogens is 314 g/mol. The molecule has 1 heterocycles. The maximum Gasteiger partial charge on any atom is 0.163 e. The maximum absolute atomic E-state index is 8.64. The molecule has 0 spiro atoms. The van der Waals surface area contributed by atoms with Crippen LogP contribution in [0.1, 0.15) is 32.7 Å². The lowest BCUT2D eigenvalue weighted by molar-refractivity contribution is 0.549. The van der Waals surface area contributed by atoms with Crippen molar-refractivity contribution in [2.24, 2.45) is 0 Å². The van der Waals surface area contributed by atoms with E-state index in [9.17, 15) is 0 Å². The van der Waals surface area contributed by atoms with Gasteiger partial charge < -0.3 is 4.57 Å². The lowest BCUT2D eigenvalue weighted by atomic mass is 10.4. The fraction of sp³-hybridized carbons (Fsp3) is 0.583. The lowest BCUT2D eigenvalue weighted by Gasteiger charge is -2.12. The summed E-state index contributed by atoms with van der Waals surface area (Å²) in [5, 5.41) is 18.4. The van der Waals surface area contributed by atoms with Crippen molar-refractivity contribution in [2.75, 3.05) is 11.5 Å². The number of hydrogen-bond acceptors (Lipinski definition) is 6. The predicted molar refractivity (Wildman–Crippen MR) is 85.4 cm³/mol. The Morgan fingerprint density at radius 2 is 1.79 bits per heavy atom. The molecule has 0 radical (unpaired) electrons. The fourth-order valence-corrected chi connectivity index (χ4v) is 5.90. The highest BCUT2D eigenvalue weighted by Gasteiger charge is 2.15. The Balaban J connectivity index is 2.95. The Morgan fingerprint density at radius 1 is 1.21 bits per heavy atom. The maximum atomic E-state index is 8.64. The molecular formula is C12H15N3S4. The van der Waals surface area contributed by atoms with Crippen LogP contribution in [-0.4, -0.2) is 16.1 Å². The molecule has 7 heteroatoms. The van der Waals surface area contributed by atoms with E-state index >= 15 is 0 Å². The van der Waals surface area contributed by atoms with E-state index in [1.165, 1.54) is 4.21 Å². The first-order valence-corrected chi connectivity index (χ1v) is 9.06. The van der Waals surface area contributed by atoms with Crippen LogP contribution < -0.4 is 0 Å². The summed E-state index contributed by atoms with van der Waals surface area (Å²) >= 11 is 10.4. The molecule has 0 unspecified atom stereocenters. The van der Waals surface area contributed by atoms with E-state index in [-0.39, 0.29) is 0 Å². The van der Waals surface area contributed by atoms with E-state index in [1.807, 2.05) is 0 Å². The summed E-state index contributed by atoms with van der Waals surface area (Å²) in [6.45, 7) is 4.22. The van der Waals surface area contributed by atoms with Crippen LogP contribution in [0.25, 0.3) is 0 Å². The van der Waals surface area contributed by atoms with Crippen LogP contribution in [0.4, 0.5) is 0 Å². The summed E-state index contributed by atoms with van der Waals surface area (Å²) in [6, 6.07) is 4.64. The van der Waals surface area contributed by atoms with Gasteiger partial charge in [-0.2, -0.15) is 10.5 Å². The first-order valence-electron chi connectivity index (χ1n) is 5.86. The SMILES string of the molecule is CC(C)n1c(SCCC#N)c(SCCC#N)sc1=S. The van der Waals surface area contributed by atoms with Gasteiger partial charge in [-0.15, -0.1) is 23.5 Å². The van der Waals surface area contributed by atoms with E-state index in [0.717, 1.165) is 20.5 Å². The summed E-state index contributed by atoms with van der Waals surface area (Å²) in [4.78, 5) is 0. The first-order chi connectivity index (χ1) is 9.11. The second kappa shape index (κ2) is 8.65. The third-order valence-corrected chi connectivity index (χ3v) is 6.19. The highest BCUT2D eigenvalue weighted by atomic mass is 32.2. The quantitative estimate of drug-likeness (QED) is 0.406. The van der Waals surface area contributed by atoms with Crippen LogP contribution in [0.15, 0.2) is 9.24 Å². The average Bonchev–Trinajstić information content (AvgIpc) is 2.66. The van der Waals surface area contributed by atoms with Gasteiger partial charge in [0.15, 0.2) is 3.95 Å². The van der Waals surface area contributed by atoms with Gasteiger partial charge in [-0.3, -0.25) is 0 Å². The van der Waals surface area contributed by atoms with Crippen molar-refractivity contribution >= 4 is 47.1 Å². The molecule has 0 saturated heterocycles. The second-order valence-electron chi connectivity index (χ2n) is 3.94. The molecule has 0 aliphatic carbocycles. The minimum absolute atomic E-state index is 0.318. The molecule has 0 aliphatic rings. The van der Waals surface area contributed by atoms with Gasteiger partial charge in [0.1, 0.15) is 5.03 Å². The van der Waals surface area contributed by atoms with Gasteiger partial charge in [-0.05, 0) is 26.1 Å². The Kier molecular flexibility index (Phi) is 7.55. The Hall–Kier alpha value is -0.470. The molecule has 0 bridgehead atoms. The summed E-state index contributed by atoms with van der Waals surface area (Å²) in [6.07, 6.45) is 1.08. The molecule has 0 aliphatic heterocycles. The molecule has 0 fully saturated rings. The first kappa shape index (κ1) is 16.6. The van der Waals surface area contributed by atoms with Gasteiger partial charge in [-0.1, -0.05) is 11.3 Å². The summed E-state index contributed by atoms with van der Waals surface area (Å²) in [7, 11) is 0. The molecule has 0 amide bonds. The molecule has 1 rings (SSSR count). The molecule has 0 atom stereocenters. The Morgan fingerprint density at radius 3 is 2.32 bits per heavy atom. The molecule has 19 heavy (non-hydrogen) atoms. The van der Waals surface area contributed by atoms with Crippen LogP contribution in [0.3, 0.4) is 0 Å². The topological polar surface area (TPSA) is 52.5 Å². The Labute approximate surface area is 131 Å². The summed E-state index contributed by atoms with van der Waals surface area (Å²) in [5.41, 5.74) is 0. The molecule has 0 aromatic carbocycles. The number of nitriles is 2. The fourth-order valence-electron chi connectivity index (χ4n) is 1.40. The van der Waals surface area contributed by atoms with E-state index < -0.39 is 0 Å². The number of nitrogens with zero attached hydrogens (tertiary/aromatic N) is 3. The average molecular weight is 330 g/mol. The summed E-state index contributed by atoms with van der Waals surface area (Å²) in [5.74, 6) is 1.57. The van der Waals surface area contributed by atoms with Crippen molar-refractivity contribution in [1.29, 1.82) is 10.5 Å². The van der Waals surface area contributed by atoms with Crippen molar-refractivity contribution in [3.8, 4) is 12.1 Å². The normalized spacial score (nSPS) is 10.4. The highest BCUT2D eigenvalue weighted by Crippen LogP contribution is 2.39. The third kappa shape index (κ3) is 4.85. The number of thiazole rings is 1. The van der Waals surface area contributed by atoms with Crippen LogP contribution in [0.2, 0.25) is 0 Å². The molecule has 1 aromatic rings. The van der Waals surface area contributed by atoms with Crippen molar-refractivity contribution in [3.05, 3.63) is 3.95 Å². The van der Waals surface area contributed by atoms with E-state index in [2.05, 4.69) is 30.6 Å². The Bertz CT molecular complexity index is 545. The van der Waals surface area contributed by atoms with Crippen LogP contribution in [0.5, 0.6) is 0 Å². The zero-order chi connectivity index (χ0) is 14.3. The van der Waals surface area contributed by atoms with E-state index in [1.54, 1.807) is 34.9 Å². The van der Waals surface area contributed by atoms with E-state index in [4.69, 9.17) is 22.7 Å². The minimum atomic E-state index is 0.318. The largest absolute Gasteiger partial charge is 0.315 e. The van der Waals surface area contributed by atoms with Crippen LogP contribution in [0, 0.1) is 26.6 Å². The molecule has 102 valence electrons. The second-order valence-corrected chi connectivity index (χ2v) is 8.03. The standard InChI is InChI=1S/C12H15N3S4/c1-9(2)15-10(17-7-3-5-13)11(19-12(15)16)18-8-4-6-14/h9H,3-4,7-8H2,1-2H3. The van der Waals surface area contributed by atoms with Crippen LogP contribution >= 0.6 is 47.1 Å². The molecule has 3 nitrogen and oxygen atoms in total. The zero-order valence-corrected chi connectivity index (χ0v) is 14.1. The van der Waals surface area contributed by atoms with Gasteiger partial charge in [0.25, 0.3) is 0 Å². The van der Waals surface area contributed by atoms with Crippen LogP contribution in [-0.2, 0) is 0 Å².